The Morgan fingerprint density at radius 1 is 1.05 bits per heavy atom. The summed E-state index contributed by atoms with van der Waals surface area (Å²) in [6.45, 7) is 4.46. The molecule has 0 bridgehead atoms. The summed E-state index contributed by atoms with van der Waals surface area (Å²) >= 11 is 0. The van der Waals surface area contributed by atoms with Crippen LogP contribution in [0.15, 0.2) is 30.3 Å². The van der Waals surface area contributed by atoms with Gasteiger partial charge in [-0.2, -0.15) is 0 Å². The highest BCUT2D eigenvalue weighted by Gasteiger charge is 2.32. The predicted octanol–water partition coefficient (Wildman–Crippen LogP) is 0.752. The second kappa shape index (κ2) is 13.9. The molecule has 226 valence electrons. The van der Waals surface area contributed by atoms with Gasteiger partial charge in [0, 0.05) is 69.3 Å². The van der Waals surface area contributed by atoms with E-state index >= 15 is 0 Å². The smallest absolute Gasteiger partial charge is 0.409 e. The second-order valence-corrected chi connectivity index (χ2v) is 10.2. The quantitative estimate of drug-likeness (QED) is 0.309. The van der Waals surface area contributed by atoms with Gasteiger partial charge < -0.3 is 40.3 Å². The van der Waals surface area contributed by atoms with Crippen molar-refractivity contribution in [2.45, 2.75) is 38.3 Å². The third kappa shape index (κ3) is 7.63. The fourth-order valence-electron chi connectivity index (χ4n) is 5.23. The van der Waals surface area contributed by atoms with E-state index in [4.69, 9.17) is 4.74 Å². The molecule has 14 nitrogen and oxygen atoms in total. The van der Waals surface area contributed by atoms with Gasteiger partial charge >= 0.3 is 18.0 Å². The lowest BCUT2D eigenvalue weighted by molar-refractivity contribution is -0.139. The summed E-state index contributed by atoms with van der Waals surface area (Å²) in [5.74, 6) is -3.08. The highest BCUT2D eigenvalue weighted by molar-refractivity contribution is 6.01. The van der Waals surface area contributed by atoms with Crippen LogP contribution in [0.4, 0.5) is 10.5 Å². The molecule has 2 unspecified atom stereocenters. The number of carboxylic acids is 2. The Labute approximate surface area is 242 Å². The van der Waals surface area contributed by atoms with Crippen LogP contribution < -0.4 is 15.5 Å². The number of carbonyl (C=O) groups is 5. The number of amides is 3. The molecular weight excluding hydrogens is 548 g/mol. The first-order valence-corrected chi connectivity index (χ1v) is 14.0. The third-order valence-electron chi connectivity index (χ3n) is 7.31. The molecule has 2 saturated heterocycles. The van der Waals surface area contributed by atoms with E-state index in [-0.39, 0.29) is 63.8 Å². The monoisotopic (exact) mass is 584 g/mol. The molecule has 2 fully saturated rings. The van der Waals surface area contributed by atoms with E-state index in [0.29, 0.717) is 30.8 Å². The molecule has 0 aliphatic carbocycles. The Morgan fingerprint density at radius 2 is 1.76 bits per heavy atom. The lowest BCUT2D eigenvalue weighted by Crippen LogP contribution is -2.56. The minimum Gasteiger partial charge on any atom is -0.481 e. The Kier molecular flexibility index (Phi) is 10.1. The number of benzene rings is 1. The summed E-state index contributed by atoms with van der Waals surface area (Å²) in [7, 11) is 0. The Hall–Kier alpha value is -4.46. The van der Waals surface area contributed by atoms with E-state index in [1.807, 2.05) is 17.0 Å². The minimum atomic E-state index is -1.11. The van der Waals surface area contributed by atoms with Gasteiger partial charge in [0.05, 0.1) is 18.5 Å². The minimum absolute atomic E-state index is 0.0473. The molecule has 14 heteroatoms. The zero-order valence-electron chi connectivity index (χ0n) is 23.5. The van der Waals surface area contributed by atoms with E-state index in [9.17, 15) is 34.2 Å². The fraction of sp³-hybridized carbons (Fsp3) is 0.500. The van der Waals surface area contributed by atoms with Crippen molar-refractivity contribution in [1.82, 2.24) is 25.4 Å². The number of aromatic nitrogens is 1. The van der Waals surface area contributed by atoms with E-state index in [1.54, 1.807) is 25.1 Å². The molecule has 3 heterocycles. The zero-order valence-corrected chi connectivity index (χ0v) is 23.5. The van der Waals surface area contributed by atoms with Crippen LogP contribution in [0, 0.1) is 0 Å². The maximum atomic E-state index is 13.5. The summed E-state index contributed by atoms with van der Waals surface area (Å²) in [5.41, 5.74) is 1.32. The second-order valence-electron chi connectivity index (χ2n) is 10.2. The average molecular weight is 585 g/mol. The normalized spacial score (nSPS) is 17.9. The topological polar surface area (TPSA) is 182 Å². The number of fused-ring (bicyclic) bond motifs is 1. The number of nitrogens with one attached hydrogen (secondary N) is 2. The van der Waals surface area contributed by atoms with Crippen molar-refractivity contribution in [2.75, 3.05) is 57.3 Å². The maximum Gasteiger partial charge on any atom is 0.409 e. The average Bonchev–Trinajstić information content (AvgIpc) is 2.98. The number of ether oxygens (including phenoxy) is 1. The van der Waals surface area contributed by atoms with Crippen molar-refractivity contribution in [3.05, 3.63) is 36.0 Å². The highest BCUT2D eigenvalue weighted by Crippen LogP contribution is 2.28. The van der Waals surface area contributed by atoms with E-state index < -0.39 is 35.9 Å². The molecule has 1 aromatic heterocycles. The first-order chi connectivity index (χ1) is 20.2. The molecule has 2 aromatic rings. The van der Waals surface area contributed by atoms with Gasteiger partial charge in [-0.1, -0.05) is 18.2 Å². The summed E-state index contributed by atoms with van der Waals surface area (Å²) in [4.78, 5) is 71.1. The summed E-state index contributed by atoms with van der Waals surface area (Å²) < 4.78 is 5.02. The standard InChI is InChI=1S/C28H36N6O8/c1-2-42-28(41)33-13-11-32(12-14-33)27(40)21(7-8-24(35)36)31-26(39)22-16-23(19-5-3-4-6-20(19)30-22)34-10-9-29-18(17-34)15-25(37)38/h3-6,16,18,21,29H,2,7-15,17H2,1H3,(H,31,39)(H,35,36)(H,37,38). The number of rotatable bonds is 10. The lowest BCUT2D eigenvalue weighted by atomic mass is 10.1. The van der Waals surface area contributed by atoms with Crippen LogP contribution in [-0.4, -0.2) is 119 Å². The largest absolute Gasteiger partial charge is 0.481 e. The van der Waals surface area contributed by atoms with Gasteiger partial charge in [0.2, 0.25) is 5.91 Å². The van der Waals surface area contributed by atoms with Crippen molar-refractivity contribution in [2.24, 2.45) is 0 Å². The van der Waals surface area contributed by atoms with Crippen molar-refractivity contribution >= 4 is 46.4 Å². The van der Waals surface area contributed by atoms with Gasteiger partial charge in [-0.15, -0.1) is 0 Å². The van der Waals surface area contributed by atoms with Crippen LogP contribution in [0.1, 0.15) is 36.7 Å². The van der Waals surface area contributed by atoms with Gasteiger partial charge in [0.25, 0.3) is 5.91 Å². The molecule has 2 atom stereocenters. The number of para-hydroxylation sites is 1. The molecule has 2 aliphatic heterocycles. The van der Waals surface area contributed by atoms with Crippen molar-refractivity contribution in [3.63, 3.8) is 0 Å². The molecule has 1 aromatic carbocycles. The summed E-state index contributed by atoms with van der Waals surface area (Å²) in [5, 5.41) is 25.2. The van der Waals surface area contributed by atoms with Gasteiger partial charge in [0.15, 0.2) is 0 Å². The molecule has 3 amide bonds. The van der Waals surface area contributed by atoms with Gasteiger partial charge in [-0.05, 0) is 25.5 Å². The van der Waals surface area contributed by atoms with Gasteiger partial charge in [-0.3, -0.25) is 19.2 Å². The summed E-state index contributed by atoms with van der Waals surface area (Å²) in [6, 6.07) is 7.53. The van der Waals surface area contributed by atoms with E-state index in [1.165, 1.54) is 9.80 Å². The molecule has 0 radical (unpaired) electrons. The number of hydrogen-bond acceptors (Lipinski definition) is 9. The molecular formula is C28H36N6O8. The number of nitrogens with zero attached hydrogens (tertiary/aromatic N) is 4. The zero-order chi connectivity index (χ0) is 30.2. The number of piperazine rings is 2. The third-order valence-corrected chi connectivity index (χ3v) is 7.31. The van der Waals surface area contributed by atoms with Crippen LogP contribution in [0.3, 0.4) is 0 Å². The predicted molar refractivity (Wildman–Crippen MR) is 151 cm³/mol. The molecule has 0 spiro atoms. The molecule has 4 N–H and O–H groups in total. The van der Waals surface area contributed by atoms with Crippen LogP contribution >= 0.6 is 0 Å². The Bertz CT molecular complexity index is 1330. The number of anilines is 1. The molecule has 2 aliphatic rings. The first kappa shape index (κ1) is 30.5. The first-order valence-electron chi connectivity index (χ1n) is 14.0. The van der Waals surface area contributed by atoms with Crippen LogP contribution in [-0.2, 0) is 19.1 Å². The van der Waals surface area contributed by atoms with E-state index in [0.717, 1.165) is 5.39 Å². The number of carboxylic acid groups (broad SMARTS) is 2. The number of hydrogen-bond donors (Lipinski definition) is 4. The molecule has 4 rings (SSSR count). The number of aliphatic carboxylic acids is 2. The lowest BCUT2D eigenvalue weighted by Gasteiger charge is -2.36. The van der Waals surface area contributed by atoms with Crippen LogP contribution in [0.25, 0.3) is 10.9 Å². The van der Waals surface area contributed by atoms with Crippen molar-refractivity contribution in [1.29, 1.82) is 0 Å². The Balaban J connectivity index is 1.54. The van der Waals surface area contributed by atoms with Crippen LogP contribution in [0.2, 0.25) is 0 Å². The summed E-state index contributed by atoms with van der Waals surface area (Å²) in [6.07, 6.45) is -0.958. The maximum absolute atomic E-state index is 13.5. The van der Waals surface area contributed by atoms with Crippen molar-refractivity contribution < 1.29 is 38.9 Å². The van der Waals surface area contributed by atoms with Gasteiger partial charge in [-0.25, -0.2) is 9.78 Å². The SMILES string of the molecule is CCOC(=O)N1CCN(C(=O)C(CCC(=O)O)NC(=O)c2cc(N3CCNC(CC(=O)O)C3)c3ccccc3n2)CC1. The number of pyridine rings is 1. The molecule has 42 heavy (non-hydrogen) atoms. The van der Waals surface area contributed by atoms with E-state index in [2.05, 4.69) is 15.6 Å². The number of carbonyl (C=O) groups excluding carboxylic acids is 3. The Morgan fingerprint density at radius 3 is 2.45 bits per heavy atom. The highest BCUT2D eigenvalue weighted by atomic mass is 16.6. The van der Waals surface area contributed by atoms with Crippen LogP contribution in [0.5, 0.6) is 0 Å². The van der Waals surface area contributed by atoms with Gasteiger partial charge in [0.1, 0.15) is 11.7 Å². The van der Waals surface area contributed by atoms with Crippen molar-refractivity contribution in [3.8, 4) is 0 Å². The fourth-order valence-corrected chi connectivity index (χ4v) is 5.23. The molecule has 0 saturated carbocycles.